The first-order valence-electron chi connectivity index (χ1n) is 9.39. The van der Waals surface area contributed by atoms with Crippen molar-refractivity contribution >= 4 is 44.8 Å². The zero-order valence-corrected chi connectivity index (χ0v) is 18.5. The Morgan fingerprint density at radius 1 is 1.07 bits per heavy atom. The van der Waals surface area contributed by atoms with Gasteiger partial charge in [0, 0.05) is 34.1 Å². The number of benzodiazepines with no additional fused rings is 1. The monoisotopic (exact) mass is 466 g/mol. The summed E-state index contributed by atoms with van der Waals surface area (Å²) in [5.41, 5.74) is 5.68. The average molecular weight is 468 g/mol. The number of nitrogens with zero attached hydrogens (tertiary/aromatic N) is 2. The molecule has 1 unspecified atom stereocenters. The Morgan fingerprint density at radius 2 is 1.83 bits per heavy atom. The van der Waals surface area contributed by atoms with Gasteiger partial charge in [0.05, 0.1) is 11.4 Å². The first-order chi connectivity index (χ1) is 13.9. The van der Waals surface area contributed by atoms with Crippen LogP contribution < -0.4 is 4.90 Å². The van der Waals surface area contributed by atoms with E-state index in [9.17, 15) is 4.79 Å². The van der Waals surface area contributed by atoms with Crippen LogP contribution in [-0.4, -0.2) is 24.7 Å². The van der Waals surface area contributed by atoms with Gasteiger partial charge in [-0.05, 0) is 42.8 Å². The van der Waals surface area contributed by atoms with Crippen LogP contribution in [0.3, 0.4) is 0 Å². The third-order valence-electron chi connectivity index (χ3n) is 5.12. The first-order valence-corrected chi connectivity index (χ1v) is 10.6. The molecule has 3 aromatic rings. The standard InChI is InChI=1S/C24H20BrClN2O/c1-15-6-8-17(9-7-15)23-20-14-19(26)10-11-22(20)28(2)24(29)21(27-23)13-16-4-3-5-18(25)12-16/h3-12,14,21H,13H2,1-2H3. The summed E-state index contributed by atoms with van der Waals surface area (Å²) in [7, 11) is 1.80. The predicted octanol–water partition coefficient (Wildman–Crippen LogP) is 5.84. The maximum absolute atomic E-state index is 13.3. The molecule has 3 nitrogen and oxygen atoms in total. The first kappa shape index (κ1) is 19.9. The van der Waals surface area contributed by atoms with E-state index >= 15 is 0 Å². The molecular weight excluding hydrogens is 448 g/mol. The molecule has 1 heterocycles. The number of likely N-dealkylation sites (N-methyl/N-ethyl adjacent to an activating group) is 1. The molecule has 0 saturated carbocycles. The van der Waals surface area contributed by atoms with E-state index in [2.05, 4.69) is 35.0 Å². The smallest absolute Gasteiger partial charge is 0.251 e. The molecule has 0 saturated heterocycles. The van der Waals surface area contributed by atoms with E-state index < -0.39 is 6.04 Å². The lowest BCUT2D eigenvalue weighted by Crippen LogP contribution is -2.36. The molecule has 0 aromatic heterocycles. The molecule has 4 rings (SSSR count). The highest BCUT2D eigenvalue weighted by molar-refractivity contribution is 9.10. The molecule has 0 spiro atoms. The fraction of sp³-hybridized carbons (Fsp3) is 0.167. The number of aliphatic imine (C=N–C) groups is 1. The maximum Gasteiger partial charge on any atom is 0.251 e. The van der Waals surface area contributed by atoms with Gasteiger partial charge in [0.25, 0.3) is 5.91 Å². The van der Waals surface area contributed by atoms with Gasteiger partial charge in [0.1, 0.15) is 6.04 Å². The molecule has 1 aliphatic heterocycles. The molecule has 146 valence electrons. The fourth-order valence-corrected chi connectivity index (χ4v) is 4.19. The van der Waals surface area contributed by atoms with Crippen LogP contribution in [0, 0.1) is 6.92 Å². The van der Waals surface area contributed by atoms with Crippen LogP contribution in [0.2, 0.25) is 5.02 Å². The molecule has 3 aromatic carbocycles. The minimum atomic E-state index is -0.517. The summed E-state index contributed by atoms with van der Waals surface area (Å²) in [5.74, 6) is -0.0318. The van der Waals surface area contributed by atoms with Gasteiger partial charge in [-0.1, -0.05) is 69.5 Å². The lowest BCUT2D eigenvalue weighted by molar-refractivity contribution is -0.119. The van der Waals surface area contributed by atoms with Crippen LogP contribution in [0.15, 0.2) is 76.2 Å². The van der Waals surface area contributed by atoms with Gasteiger partial charge in [-0.3, -0.25) is 9.79 Å². The number of halogens is 2. The van der Waals surface area contributed by atoms with Crippen LogP contribution in [0.4, 0.5) is 5.69 Å². The summed E-state index contributed by atoms with van der Waals surface area (Å²) in [5, 5.41) is 0.620. The summed E-state index contributed by atoms with van der Waals surface area (Å²) in [4.78, 5) is 19.9. The highest BCUT2D eigenvalue weighted by Gasteiger charge is 2.30. The highest BCUT2D eigenvalue weighted by atomic mass is 79.9. The molecule has 1 aliphatic rings. The van der Waals surface area contributed by atoms with Crippen molar-refractivity contribution in [3.8, 4) is 0 Å². The van der Waals surface area contributed by atoms with Gasteiger partial charge >= 0.3 is 0 Å². The number of aryl methyl sites for hydroxylation is 1. The number of amides is 1. The van der Waals surface area contributed by atoms with E-state index in [0.717, 1.165) is 32.6 Å². The van der Waals surface area contributed by atoms with Gasteiger partial charge in [-0.2, -0.15) is 0 Å². The largest absolute Gasteiger partial charge is 0.313 e. The average Bonchev–Trinajstić information content (AvgIpc) is 2.79. The second-order valence-electron chi connectivity index (χ2n) is 7.25. The maximum atomic E-state index is 13.3. The summed E-state index contributed by atoms with van der Waals surface area (Å²) < 4.78 is 0.988. The minimum Gasteiger partial charge on any atom is -0.313 e. The molecule has 29 heavy (non-hydrogen) atoms. The Morgan fingerprint density at radius 3 is 2.55 bits per heavy atom. The Balaban J connectivity index is 1.86. The summed E-state index contributed by atoms with van der Waals surface area (Å²) >= 11 is 9.82. The third-order valence-corrected chi connectivity index (χ3v) is 5.85. The molecule has 0 fully saturated rings. The van der Waals surface area contributed by atoms with E-state index in [1.165, 1.54) is 5.56 Å². The van der Waals surface area contributed by atoms with E-state index in [-0.39, 0.29) is 5.91 Å². The molecule has 0 bridgehead atoms. The van der Waals surface area contributed by atoms with Crippen molar-refractivity contribution in [2.24, 2.45) is 4.99 Å². The Labute approximate surface area is 184 Å². The minimum absolute atomic E-state index is 0.0318. The van der Waals surface area contributed by atoms with Crippen molar-refractivity contribution in [1.29, 1.82) is 0 Å². The summed E-state index contributed by atoms with van der Waals surface area (Å²) in [6.45, 7) is 2.05. The van der Waals surface area contributed by atoms with Crippen molar-refractivity contribution in [2.75, 3.05) is 11.9 Å². The number of carbonyl (C=O) groups is 1. The molecular formula is C24H20BrClN2O. The Bertz CT molecular complexity index is 1110. The van der Waals surface area contributed by atoms with Crippen LogP contribution in [-0.2, 0) is 11.2 Å². The van der Waals surface area contributed by atoms with Crippen LogP contribution in [0.1, 0.15) is 22.3 Å². The zero-order chi connectivity index (χ0) is 20.5. The van der Waals surface area contributed by atoms with Crippen molar-refractivity contribution in [1.82, 2.24) is 0 Å². The number of hydrogen-bond donors (Lipinski definition) is 0. The van der Waals surface area contributed by atoms with E-state index in [4.69, 9.17) is 16.6 Å². The highest BCUT2D eigenvalue weighted by Crippen LogP contribution is 2.31. The van der Waals surface area contributed by atoms with Crippen molar-refractivity contribution in [2.45, 2.75) is 19.4 Å². The van der Waals surface area contributed by atoms with Crippen molar-refractivity contribution < 1.29 is 4.79 Å². The van der Waals surface area contributed by atoms with Crippen LogP contribution >= 0.6 is 27.5 Å². The topological polar surface area (TPSA) is 32.7 Å². The number of anilines is 1. The van der Waals surface area contributed by atoms with Crippen LogP contribution in [0.5, 0.6) is 0 Å². The van der Waals surface area contributed by atoms with Gasteiger partial charge in [-0.25, -0.2) is 0 Å². The van der Waals surface area contributed by atoms with E-state index in [1.807, 2.05) is 54.6 Å². The lowest BCUT2D eigenvalue weighted by Gasteiger charge is -2.20. The predicted molar refractivity (Wildman–Crippen MR) is 123 cm³/mol. The number of fused-ring (bicyclic) bond motifs is 1. The van der Waals surface area contributed by atoms with Crippen molar-refractivity contribution in [3.63, 3.8) is 0 Å². The molecule has 0 N–H and O–H groups in total. The number of hydrogen-bond acceptors (Lipinski definition) is 2. The number of benzene rings is 3. The normalized spacial score (nSPS) is 16.3. The van der Waals surface area contributed by atoms with Crippen molar-refractivity contribution in [3.05, 3.63) is 98.5 Å². The second kappa shape index (κ2) is 8.13. The molecule has 1 atom stereocenters. The van der Waals surface area contributed by atoms with Crippen LogP contribution in [0.25, 0.3) is 0 Å². The van der Waals surface area contributed by atoms with E-state index in [1.54, 1.807) is 11.9 Å². The summed E-state index contributed by atoms with van der Waals surface area (Å²) in [6.07, 6.45) is 0.527. The number of carbonyl (C=O) groups excluding carboxylic acids is 1. The summed E-state index contributed by atoms with van der Waals surface area (Å²) in [6, 6.07) is 21.3. The Hall–Kier alpha value is -2.43. The molecule has 5 heteroatoms. The SMILES string of the molecule is Cc1ccc(C2=NC(Cc3cccc(Br)c3)C(=O)N(C)c3ccc(Cl)cc32)cc1. The Kier molecular flexibility index (Phi) is 5.57. The van der Waals surface area contributed by atoms with Gasteiger partial charge in [0.2, 0.25) is 0 Å². The van der Waals surface area contributed by atoms with Gasteiger partial charge in [0.15, 0.2) is 0 Å². The number of rotatable bonds is 3. The van der Waals surface area contributed by atoms with Gasteiger partial charge in [-0.15, -0.1) is 0 Å². The quantitative estimate of drug-likeness (QED) is 0.476. The molecule has 0 aliphatic carbocycles. The fourth-order valence-electron chi connectivity index (χ4n) is 3.57. The lowest BCUT2D eigenvalue weighted by atomic mass is 9.99. The molecule has 0 radical (unpaired) electrons. The second-order valence-corrected chi connectivity index (χ2v) is 8.60. The van der Waals surface area contributed by atoms with Gasteiger partial charge < -0.3 is 4.90 Å². The van der Waals surface area contributed by atoms with E-state index in [0.29, 0.717) is 11.4 Å². The zero-order valence-electron chi connectivity index (χ0n) is 16.2. The third kappa shape index (κ3) is 4.14. The molecule has 1 amide bonds.